The van der Waals surface area contributed by atoms with Crippen LogP contribution in [0.5, 0.6) is 5.75 Å². The molecule has 9 nitrogen and oxygen atoms in total. The van der Waals surface area contributed by atoms with Gasteiger partial charge in [0.1, 0.15) is 23.4 Å². The van der Waals surface area contributed by atoms with Gasteiger partial charge < -0.3 is 30.5 Å². The molecule has 4 N–H and O–H groups in total. The van der Waals surface area contributed by atoms with Crippen LogP contribution >= 0.6 is 0 Å². The van der Waals surface area contributed by atoms with Crippen molar-refractivity contribution in [3.05, 3.63) is 29.8 Å². The standard InChI is InChI=1S/C23H37N3O6/c1-8-15(4)26(21(30)18(13-27)25-22(31)32-23(5,6)7)19(20(29)24-14(2)3)16-9-11-17(28)12-10-16/h9-12,14-15,18-19,27-28H,8,13H2,1-7H3,(H,24,29)(H,25,31). The van der Waals surface area contributed by atoms with Gasteiger partial charge in [0.15, 0.2) is 0 Å². The molecule has 9 heteroatoms. The maximum atomic E-state index is 13.5. The highest BCUT2D eigenvalue weighted by Gasteiger charge is 2.38. The molecule has 0 aliphatic rings. The number of amides is 3. The number of benzene rings is 1. The van der Waals surface area contributed by atoms with Crippen molar-refractivity contribution in [2.75, 3.05) is 6.61 Å². The van der Waals surface area contributed by atoms with Crippen LogP contribution in [0.15, 0.2) is 24.3 Å². The molecule has 0 saturated carbocycles. The SMILES string of the molecule is CCC(C)N(C(=O)C(CO)NC(=O)OC(C)(C)C)C(C(=O)NC(C)C)c1ccc(O)cc1. The number of alkyl carbamates (subject to hydrolysis) is 1. The van der Waals surface area contributed by atoms with E-state index in [9.17, 15) is 24.6 Å². The van der Waals surface area contributed by atoms with Crippen molar-refractivity contribution in [2.45, 2.75) is 84.7 Å². The molecule has 180 valence electrons. The topological polar surface area (TPSA) is 128 Å². The Morgan fingerprint density at radius 3 is 2.06 bits per heavy atom. The Bertz CT molecular complexity index is 773. The van der Waals surface area contributed by atoms with Gasteiger partial charge in [0, 0.05) is 12.1 Å². The first-order valence-corrected chi connectivity index (χ1v) is 10.8. The third-order valence-electron chi connectivity index (χ3n) is 4.66. The Labute approximate surface area is 190 Å². The van der Waals surface area contributed by atoms with E-state index in [0.29, 0.717) is 12.0 Å². The van der Waals surface area contributed by atoms with Crippen LogP contribution in [0, 0.1) is 0 Å². The molecule has 3 unspecified atom stereocenters. The van der Waals surface area contributed by atoms with Gasteiger partial charge in [-0.25, -0.2) is 4.79 Å². The van der Waals surface area contributed by atoms with E-state index in [1.807, 2.05) is 20.8 Å². The monoisotopic (exact) mass is 451 g/mol. The molecule has 1 aromatic rings. The normalized spacial score (nSPS) is 14.3. The van der Waals surface area contributed by atoms with Gasteiger partial charge in [-0.05, 0) is 65.7 Å². The number of nitrogens with one attached hydrogen (secondary N) is 2. The van der Waals surface area contributed by atoms with Crippen molar-refractivity contribution in [1.29, 1.82) is 0 Å². The van der Waals surface area contributed by atoms with Crippen LogP contribution in [0.3, 0.4) is 0 Å². The minimum Gasteiger partial charge on any atom is -0.508 e. The number of phenols is 1. The minimum atomic E-state index is -1.30. The summed E-state index contributed by atoms with van der Waals surface area (Å²) in [4.78, 5) is 40.3. The zero-order valence-electron chi connectivity index (χ0n) is 20.0. The summed E-state index contributed by atoms with van der Waals surface area (Å²) in [6.07, 6.45) is -0.318. The Morgan fingerprint density at radius 1 is 1.06 bits per heavy atom. The molecule has 1 rings (SSSR count). The van der Waals surface area contributed by atoms with E-state index in [0.717, 1.165) is 0 Å². The van der Waals surface area contributed by atoms with Gasteiger partial charge in [0.05, 0.1) is 6.61 Å². The fourth-order valence-electron chi connectivity index (χ4n) is 3.07. The van der Waals surface area contributed by atoms with Gasteiger partial charge in [-0.2, -0.15) is 0 Å². The highest BCUT2D eigenvalue weighted by atomic mass is 16.6. The first-order chi connectivity index (χ1) is 14.8. The number of rotatable bonds is 9. The molecule has 0 radical (unpaired) electrons. The van der Waals surface area contributed by atoms with E-state index in [2.05, 4.69) is 10.6 Å². The van der Waals surface area contributed by atoms with Crippen molar-refractivity contribution in [2.24, 2.45) is 0 Å². The molecule has 0 fully saturated rings. The third kappa shape index (κ3) is 8.03. The Kier molecular flexibility index (Phi) is 9.96. The zero-order chi connectivity index (χ0) is 24.6. The minimum absolute atomic E-state index is 0.0259. The first kappa shape index (κ1) is 27.2. The lowest BCUT2D eigenvalue weighted by molar-refractivity contribution is -0.146. The Hall–Kier alpha value is -2.81. The summed E-state index contributed by atoms with van der Waals surface area (Å²) in [5.41, 5.74) is -0.293. The van der Waals surface area contributed by atoms with Crippen LogP contribution in [-0.2, 0) is 14.3 Å². The van der Waals surface area contributed by atoms with Crippen LogP contribution in [0.1, 0.15) is 66.5 Å². The number of ether oxygens (including phenoxy) is 1. The highest BCUT2D eigenvalue weighted by molar-refractivity contribution is 5.92. The summed E-state index contributed by atoms with van der Waals surface area (Å²) in [7, 11) is 0. The summed E-state index contributed by atoms with van der Waals surface area (Å²) in [6, 6.07) is 3.10. The lowest BCUT2D eigenvalue weighted by Gasteiger charge is -2.38. The summed E-state index contributed by atoms with van der Waals surface area (Å²) < 4.78 is 5.21. The van der Waals surface area contributed by atoms with Gasteiger partial charge in [-0.1, -0.05) is 19.1 Å². The van der Waals surface area contributed by atoms with Crippen LogP contribution in [0.4, 0.5) is 4.79 Å². The predicted molar refractivity (Wildman–Crippen MR) is 121 cm³/mol. The number of aliphatic hydroxyl groups excluding tert-OH is 1. The molecule has 0 aromatic heterocycles. The molecule has 3 atom stereocenters. The van der Waals surface area contributed by atoms with Crippen molar-refractivity contribution >= 4 is 17.9 Å². The molecule has 3 amide bonds. The third-order valence-corrected chi connectivity index (χ3v) is 4.66. The highest BCUT2D eigenvalue weighted by Crippen LogP contribution is 2.27. The zero-order valence-corrected chi connectivity index (χ0v) is 20.0. The molecule has 32 heavy (non-hydrogen) atoms. The quantitative estimate of drug-likeness (QED) is 0.457. The van der Waals surface area contributed by atoms with E-state index in [-0.39, 0.29) is 11.8 Å². The Balaban J connectivity index is 3.39. The number of carbonyl (C=O) groups excluding carboxylic acids is 3. The first-order valence-electron chi connectivity index (χ1n) is 10.8. The second-order valence-corrected chi connectivity index (χ2v) is 9.04. The average Bonchev–Trinajstić information content (AvgIpc) is 2.68. The number of hydrogen-bond acceptors (Lipinski definition) is 6. The number of hydrogen-bond donors (Lipinski definition) is 4. The number of aliphatic hydroxyl groups is 1. The molecule has 0 bridgehead atoms. The maximum absolute atomic E-state index is 13.5. The van der Waals surface area contributed by atoms with Crippen LogP contribution in [0.25, 0.3) is 0 Å². The van der Waals surface area contributed by atoms with E-state index in [1.165, 1.54) is 17.0 Å². The summed E-state index contributed by atoms with van der Waals surface area (Å²) >= 11 is 0. The van der Waals surface area contributed by atoms with E-state index in [1.54, 1.807) is 39.8 Å². The largest absolute Gasteiger partial charge is 0.508 e. The van der Waals surface area contributed by atoms with E-state index >= 15 is 0 Å². The average molecular weight is 452 g/mol. The van der Waals surface area contributed by atoms with Gasteiger partial charge in [-0.15, -0.1) is 0 Å². The smallest absolute Gasteiger partial charge is 0.408 e. The molecule has 0 spiro atoms. The van der Waals surface area contributed by atoms with Crippen molar-refractivity contribution in [3.63, 3.8) is 0 Å². The molecule has 0 heterocycles. The second-order valence-electron chi connectivity index (χ2n) is 9.04. The molecule has 0 aliphatic heterocycles. The lowest BCUT2D eigenvalue weighted by atomic mass is 9.99. The number of nitrogens with zero attached hydrogens (tertiary/aromatic N) is 1. The van der Waals surface area contributed by atoms with Crippen LogP contribution in [-0.4, -0.2) is 63.4 Å². The predicted octanol–water partition coefficient (Wildman–Crippen LogP) is 2.47. The van der Waals surface area contributed by atoms with Crippen LogP contribution in [0.2, 0.25) is 0 Å². The van der Waals surface area contributed by atoms with Crippen molar-refractivity contribution in [3.8, 4) is 5.75 Å². The Morgan fingerprint density at radius 2 is 1.62 bits per heavy atom. The molecule has 0 aliphatic carbocycles. The summed E-state index contributed by atoms with van der Waals surface area (Å²) in [6.45, 7) is 11.7. The van der Waals surface area contributed by atoms with Crippen LogP contribution < -0.4 is 10.6 Å². The fraction of sp³-hybridized carbons (Fsp3) is 0.609. The number of aromatic hydroxyl groups is 1. The molecule has 1 aromatic carbocycles. The number of carbonyl (C=O) groups is 3. The van der Waals surface area contributed by atoms with Gasteiger partial charge in [-0.3, -0.25) is 9.59 Å². The fourth-order valence-corrected chi connectivity index (χ4v) is 3.07. The lowest BCUT2D eigenvalue weighted by Crippen LogP contribution is -2.57. The summed E-state index contributed by atoms with van der Waals surface area (Å²) in [5, 5.41) is 24.8. The maximum Gasteiger partial charge on any atom is 0.408 e. The second kappa shape index (κ2) is 11.7. The molecular weight excluding hydrogens is 414 g/mol. The van der Waals surface area contributed by atoms with Gasteiger partial charge >= 0.3 is 6.09 Å². The number of phenolic OH excluding ortho intramolecular Hbond substituents is 1. The molecule has 0 saturated heterocycles. The van der Waals surface area contributed by atoms with E-state index < -0.39 is 48.2 Å². The van der Waals surface area contributed by atoms with Crippen molar-refractivity contribution < 1.29 is 29.3 Å². The molecular formula is C23H37N3O6. The van der Waals surface area contributed by atoms with Crippen molar-refractivity contribution in [1.82, 2.24) is 15.5 Å². The van der Waals surface area contributed by atoms with E-state index in [4.69, 9.17) is 4.74 Å². The summed E-state index contributed by atoms with van der Waals surface area (Å²) in [5.74, 6) is -1.00. The van der Waals surface area contributed by atoms with Gasteiger partial charge in [0.25, 0.3) is 0 Å². The van der Waals surface area contributed by atoms with Gasteiger partial charge in [0.2, 0.25) is 11.8 Å².